The molecule has 2 N–H and O–H groups in total. The van der Waals surface area contributed by atoms with Crippen LogP contribution in [0.15, 0.2) is 24.3 Å². The molecule has 100 valence electrons. The third kappa shape index (κ3) is 3.84. The van der Waals surface area contributed by atoms with E-state index < -0.39 is 7.12 Å². The maximum atomic E-state index is 9.35. The molecule has 1 aromatic carbocycles. The van der Waals surface area contributed by atoms with Crippen LogP contribution in [0.1, 0.15) is 33.3 Å². The molecule has 0 saturated carbocycles. The smallest absolute Gasteiger partial charge is 0.423 e. The largest absolute Gasteiger partial charge is 0.488 e. The fourth-order valence-electron chi connectivity index (χ4n) is 2.00. The zero-order valence-electron chi connectivity index (χ0n) is 12.0. The Morgan fingerprint density at radius 1 is 1.22 bits per heavy atom. The summed E-state index contributed by atoms with van der Waals surface area (Å²) in [6.45, 7) is 9.53. The SMILES string of the molecule is CC(N(C)Cc1ccccc1B(O)O)C(C)(C)C. The van der Waals surface area contributed by atoms with Crippen LogP contribution in [0.2, 0.25) is 0 Å². The van der Waals surface area contributed by atoms with Crippen molar-refractivity contribution in [2.24, 2.45) is 5.41 Å². The van der Waals surface area contributed by atoms with Crippen LogP contribution in [0.3, 0.4) is 0 Å². The van der Waals surface area contributed by atoms with Gasteiger partial charge in [-0.1, -0.05) is 45.0 Å². The second kappa shape index (κ2) is 5.87. The van der Waals surface area contributed by atoms with Crippen LogP contribution in [-0.4, -0.2) is 35.2 Å². The van der Waals surface area contributed by atoms with Crippen molar-refractivity contribution in [2.45, 2.75) is 40.3 Å². The molecule has 0 amide bonds. The summed E-state index contributed by atoms with van der Waals surface area (Å²) in [7, 11) is 0.663. The van der Waals surface area contributed by atoms with Gasteiger partial charge < -0.3 is 10.0 Å². The van der Waals surface area contributed by atoms with Gasteiger partial charge in [0.1, 0.15) is 0 Å². The summed E-state index contributed by atoms with van der Waals surface area (Å²) in [5.41, 5.74) is 1.75. The van der Waals surface area contributed by atoms with Gasteiger partial charge in [0.05, 0.1) is 0 Å². The molecule has 3 nitrogen and oxygen atoms in total. The van der Waals surface area contributed by atoms with Crippen LogP contribution in [0.4, 0.5) is 0 Å². The molecule has 0 aromatic heterocycles. The number of benzene rings is 1. The first kappa shape index (κ1) is 15.2. The van der Waals surface area contributed by atoms with Crippen LogP contribution in [0, 0.1) is 5.41 Å². The number of hydrogen-bond donors (Lipinski definition) is 2. The Kier molecular flexibility index (Phi) is 4.96. The fraction of sp³-hybridized carbons (Fsp3) is 0.571. The van der Waals surface area contributed by atoms with Gasteiger partial charge in [0.25, 0.3) is 0 Å². The molecule has 0 saturated heterocycles. The summed E-state index contributed by atoms with van der Waals surface area (Å²) < 4.78 is 0. The van der Waals surface area contributed by atoms with E-state index in [4.69, 9.17) is 0 Å². The zero-order valence-corrected chi connectivity index (χ0v) is 12.0. The highest BCUT2D eigenvalue weighted by molar-refractivity contribution is 6.59. The van der Waals surface area contributed by atoms with E-state index in [1.807, 2.05) is 18.2 Å². The quantitative estimate of drug-likeness (QED) is 0.789. The van der Waals surface area contributed by atoms with Gasteiger partial charge in [-0.25, -0.2) is 0 Å². The molecule has 0 aliphatic carbocycles. The van der Waals surface area contributed by atoms with Gasteiger partial charge >= 0.3 is 7.12 Å². The van der Waals surface area contributed by atoms with Crippen molar-refractivity contribution < 1.29 is 10.0 Å². The molecule has 0 fully saturated rings. The van der Waals surface area contributed by atoms with Crippen LogP contribution < -0.4 is 5.46 Å². The molecular formula is C14H24BNO2. The van der Waals surface area contributed by atoms with E-state index in [0.29, 0.717) is 18.0 Å². The standard InChI is InChI=1S/C14H24BNO2/c1-11(14(2,3)4)16(5)10-12-8-6-7-9-13(12)15(17)18/h6-9,11,17-18H,10H2,1-5H3. The molecule has 0 radical (unpaired) electrons. The first-order chi connectivity index (χ1) is 8.23. The van der Waals surface area contributed by atoms with E-state index in [9.17, 15) is 10.0 Å². The van der Waals surface area contributed by atoms with Crippen LogP contribution in [0.25, 0.3) is 0 Å². The molecule has 0 spiro atoms. The lowest BCUT2D eigenvalue weighted by molar-refractivity contribution is 0.135. The first-order valence-corrected chi connectivity index (χ1v) is 6.37. The van der Waals surface area contributed by atoms with Crippen molar-refractivity contribution in [3.8, 4) is 0 Å². The molecule has 1 rings (SSSR count). The molecule has 1 unspecified atom stereocenters. The van der Waals surface area contributed by atoms with Crippen molar-refractivity contribution >= 4 is 12.6 Å². The molecule has 0 aliphatic heterocycles. The Labute approximate surface area is 111 Å². The van der Waals surface area contributed by atoms with Crippen LogP contribution in [-0.2, 0) is 6.54 Å². The Bertz CT molecular complexity index is 388. The van der Waals surface area contributed by atoms with Gasteiger partial charge in [0.2, 0.25) is 0 Å². The average Bonchev–Trinajstić information content (AvgIpc) is 2.27. The Balaban J connectivity index is 2.85. The maximum Gasteiger partial charge on any atom is 0.488 e. The fourth-order valence-corrected chi connectivity index (χ4v) is 2.00. The van der Waals surface area contributed by atoms with Crippen molar-refractivity contribution in [1.82, 2.24) is 4.90 Å². The Hall–Kier alpha value is -0.835. The third-order valence-corrected chi connectivity index (χ3v) is 3.67. The molecule has 1 aromatic rings. The monoisotopic (exact) mass is 249 g/mol. The van der Waals surface area contributed by atoms with Crippen molar-refractivity contribution in [3.63, 3.8) is 0 Å². The van der Waals surface area contributed by atoms with Gasteiger partial charge in [0, 0.05) is 12.6 Å². The predicted octanol–water partition coefficient (Wildman–Crippen LogP) is 1.23. The normalized spacial score (nSPS) is 13.8. The highest BCUT2D eigenvalue weighted by Gasteiger charge is 2.25. The lowest BCUT2D eigenvalue weighted by atomic mass is 9.76. The van der Waals surface area contributed by atoms with Gasteiger partial charge in [-0.3, -0.25) is 4.90 Å². The summed E-state index contributed by atoms with van der Waals surface area (Å²) in [5.74, 6) is 0. The van der Waals surface area contributed by atoms with Gasteiger partial charge in [-0.2, -0.15) is 0 Å². The molecule has 1 atom stereocenters. The lowest BCUT2D eigenvalue weighted by Crippen LogP contribution is -2.41. The van der Waals surface area contributed by atoms with E-state index in [0.717, 1.165) is 5.56 Å². The Morgan fingerprint density at radius 3 is 2.28 bits per heavy atom. The summed E-state index contributed by atoms with van der Waals surface area (Å²) in [6.07, 6.45) is 0. The first-order valence-electron chi connectivity index (χ1n) is 6.37. The Morgan fingerprint density at radius 2 is 1.78 bits per heavy atom. The van der Waals surface area contributed by atoms with Crippen LogP contribution >= 0.6 is 0 Å². The minimum absolute atomic E-state index is 0.196. The van der Waals surface area contributed by atoms with E-state index in [-0.39, 0.29) is 5.41 Å². The predicted molar refractivity (Wildman–Crippen MR) is 76.7 cm³/mol. The summed E-state index contributed by atoms with van der Waals surface area (Å²) in [5, 5.41) is 18.7. The second-order valence-electron chi connectivity index (χ2n) is 6.03. The minimum Gasteiger partial charge on any atom is -0.423 e. The summed E-state index contributed by atoms with van der Waals surface area (Å²) >= 11 is 0. The van der Waals surface area contributed by atoms with E-state index in [2.05, 4.69) is 39.6 Å². The van der Waals surface area contributed by atoms with Gasteiger partial charge in [-0.05, 0) is 30.4 Å². The summed E-state index contributed by atoms with van der Waals surface area (Å²) in [6, 6.07) is 7.86. The average molecular weight is 249 g/mol. The number of hydrogen-bond acceptors (Lipinski definition) is 3. The topological polar surface area (TPSA) is 43.7 Å². The highest BCUT2D eigenvalue weighted by Crippen LogP contribution is 2.23. The second-order valence-corrected chi connectivity index (χ2v) is 6.03. The molecule has 0 aliphatic rings. The summed E-state index contributed by atoms with van der Waals surface area (Å²) in [4.78, 5) is 2.24. The minimum atomic E-state index is -1.40. The third-order valence-electron chi connectivity index (χ3n) is 3.67. The van der Waals surface area contributed by atoms with Gasteiger partial charge in [0.15, 0.2) is 0 Å². The van der Waals surface area contributed by atoms with Crippen molar-refractivity contribution in [2.75, 3.05) is 7.05 Å². The van der Waals surface area contributed by atoms with E-state index in [1.165, 1.54) is 0 Å². The van der Waals surface area contributed by atoms with Crippen molar-refractivity contribution in [3.05, 3.63) is 29.8 Å². The van der Waals surface area contributed by atoms with E-state index >= 15 is 0 Å². The number of nitrogens with zero attached hydrogens (tertiary/aromatic N) is 1. The molecule has 18 heavy (non-hydrogen) atoms. The highest BCUT2D eigenvalue weighted by atomic mass is 16.4. The molecular weight excluding hydrogens is 225 g/mol. The van der Waals surface area contributed by atoms with Crippen LogP contribution in [0.5, 0.6) is 0 Å². The van der Waals surface area contributed by atoms with Crippen molar-refractivity contribution in [1.29, 1.82) is 0 Å². The zero-order chi connectivity index (χ0) is 13.9. The number of rotatable bonds is 4. The molecule has 0 bridgehead atoms. The maximum absolute atomic E-state index is 9.35. The van der Waals surface area contributed by atoms with E-state index in [1.54, 1.807) is 6.07 Å². The van der Waals surface area contributed by atoms with Gasteiger partial charge in [-0.15, -0.1) is 0 Å². The lowest BCUT2D eigenvalue weighted by Gasteiger charge is -2.35. The molecule has 0 heterocycles. The molecule has 4 heteroatoms.